The molecule has 0 atom stereocenters. The molecule has 0 saturated heterocycles. The molecular formula is C9H17NO2. The van der Waals surface area contributed by atoms with Crippen molar-refractivity contribution in [3.05, 3.63) is 12.2 Å². The zero-order valence-electron chi connectivity index (χ0n) is 7.85. The smallest absolute Gasteiger partial charge is 0.143 e. The summed E-state index contributed by atoms with van der Waals surface area (Å²) < 4.78 is 5.20. The first-order valence-electron chi connectivity index (χ1n) is 4.05. The van der Waals surface area contributed by atoms with Gasteiger partial charge in [-0.15, -0.1) is 0 Å². The summed E-state index contributed by atoms with van der Waals surface area (Å²) in [7, 11) is 0. The molecule has 0 aromatic heterocycles. The Bertz CT molecular complexity index is 137. The van der Waals surface area contributed by atoms with Gasteiger partial charge in [0, 0.05) is 6.54 Å². The van der Waals surface area contributed by atoms with Gasteiger partial charge in [-0.25, -0.2) is 0 Å². The van der Waals surface area contributed by atoms with Gasteiger partial charge in [0.1, 0.15) is 5.78 Å². The number of rotatable bonds is 7. The summed E-state index contributed by atoms with van der Waals surface area (Å²) in [6.45, 7) is 9.54. The number of carbonyl (C=O) groups is 1. The summed E-state index contributed by atoms with van der Waals surface area (Å²) in [5.74, 6) is 0.148. The molecule has 0 aliphatic heterocycles. The van der Waals surface area contributed by atoms with Crippen molar-refractivity contribution >= 4 is 5.78 Å². The van der Waals surface area contributed by atoms with Crippen molar-refractivity contribution < 1.29 is 9.53 Å². The van der Waals surface area contributed by atoms with E-state index in [4.69, 9.17) is 4.74 Å². The highest BCUT2D eigenvalue weighted by Crippen LogP contribution is 1.86. The van der Waals surface area contributed by atoms with Crippen molar-refractivity contribution in [2.75, 3.05) is 26.3 Å². The van der Waals surface area contributed by atoms with Crippen molar-refractivity contribution in [3.63, 3.8) is 0 Å². The molecule has 1 N–H and O–H groups in total. The van der Waals surface area contributed by atoms with Gasteiger partial charge in [0.2, 0.25) is 0 Å². The molecule has 3 nitrogen and oxygen atoms in total. The molecule has 0 fully saturated rings. The Labute approximate surface area is 73.8 Å². The Morgan fingerprint density at radius 2 is 2.17 bits per heavy atom. The van der Waals surface area contributed by atoms with Crippen molar-refractivity contribution in [1.29, 1.82) is 0 Å². The molecule has 0 spiro atoms. The lowest BCUT2D eigenvalue weighted by Crippen LogP contribution is -2.25. The predicted octanol–water partition coefficient (Wildman–Crippen LogP) is 0.758. The summed E-state index contributed by atoms with van der Waals surface area (Å²) in [6.07, 6.45) is 0. The number of hydrogen-bond acceptors (Lipinski definition) is 3. The third-order valence-electron chi connectivity index (χ3n) is 1.15. The van der Waals surface area contributed by atoms with Crippen molar-refractivity contribution in [3.8, 4) is 0 Å². The van der Waals surface area contributed by atoms with E-state index in [0.717, 1.165) is 5.57 Å². The molecule has 0 aromatic carbocycles. The van der Waals surface area contributed by atoms with Gasteiger partial charge in [-0.1, -0.05) is 12.2 Å². The third-order valence-corrected chi connectivity index (χ3v) is 1.15. The van der Waals surface area contributed by atoms with E-state index in [1.165, 1.54) is 0 Å². The first kappa shape index (κ1) is 11.3. The van der Waals surface area contributed by atoms with Crippen LogP contribution in [0.15, 0.2) is 12.2 Å². The summed E-state index contributed by atoms with van der Waals surface area (Å²) in [5, 5.41) is 2.95. The molecule has 0 rings (SSSR count). The van der Waals surface area contributed by atoms with Crippen LogP contribution in [0.3, 0.4) is 0 Å². The van der Waals surface area contributed by atoms with Gasteiger partial charge in [-0.2, -0.15) is 0 Å². The van der Waals surface area contributed by atoms with Crippen LogP contribution in [-0.2, 0) is 9.53 Å². The third kappa shape index (κ3) is 9.33. The van der Waals surface area contributed by atoms with Crippen molar-refractivity contribution in [1.82, 2.24) is 5.32 Å². The SMILES string of the molecule is C=C(C)COCCNCC(C)=O. The number of ether oxygens (including phenoxy) is 1. The second-order valence-corrected chi connectivity index (χ2v) is 2.89. The number of carbonyl (C=O) groups excluding carboxylic acids is 1. The molecule has 3 heteroatoms. The van der Waals surface area contributed by atoms with Gasteiger partial charge >= 0.3 is 0 Å². The van der Waals surface area contributed by atoms with Gasteiger partial charge in [0.05, 0.1) is 19.8 Å². The van der Waals surface area contributed by atoms with E-state index in [1.54, 1.807) is 6.92 Å². The standard InChI is InChI=1S/C9H17NO2/c1-8(2)7-12-5-4-10-6-9(3)11/h10H,1,4-7H2,2-3H3. The Morgan fingerprint density at radius 3 is 2.67 bits per heavy atom. The fourth-order valence-electron chi connectivity index (χ4n) is 0.655. The first-order valence-corrected chi connectivity index (χ1v) is 4.05. The highest BCUT2D eigenvalue weighted by atomic mass is 16.5. The lowest BCUT2D eigenvalue weighted by molar-refractivity contribution is -0.116. The molecule has 0 saturated carbocycles. The maximum atomic E-state index is 10.5. The van der Waals surface area contributed by atoms with Gasteiger partial charge in [-0.05, 0) is 13.8 Å². The van der Waals surface area contributed by atoms with Gasteiger partial charge in [0.25, 0.3) is 0 Å². The van der Waals surface area contributed by atoms with Crippen LogP contribution in [0, 0.1) is 0 Å². The van der Waals surface area contributed by atoms with E-state index in [1.807, 2.05) is 6.92 Å². The van der Waals surface area contributed by atoms with E-state index >= 15 is 0 Å². The maximum absolute atomic E-state index is 10.5. The highest BCUT2D eigenvalue weighted by Gasteiger charge is 1.91. The minimum Gasteiger partial charge on any atom is -0.376 e. The molecule has 0 bridgehead atoms. The Balaban J connectivity index is 3.01. The quantitative estimate of drug-likeness (QED) is 0.454. The summed E-state index contributed by atoms with van der Waals surface area (Å²) >= 11 is 0. The normalized spacial score (nSPS) is 9.83. The first-order chi connectivity index (χ1) is 5.63. The van der Waals surface area contributed by atoms with Crippen LogP contribution >= 0.6 is 0 Å². The average Bonchev–Trinajstić information content (AvgIpc) is 1.95. The molecule has 0 heterocycles. The fraction of sp³-hybridized carbons (Fsp3) is 0.667. The van der Waals surface area contributed by atoms with E-state index in [2.05, 4.69) is 11.9 Å². The van der Waals surface area contributed by atoms with E-state index in [9.17, 15) is 4.79 Å². The summed E-state index contributed by atoms with van der Waals surface area (Å²) in [6, 6.07) is 0. The zero-order chi connectivity index (χ0) is 9.40. The lowest BCUT2D eigenvalue weighted by atomic mass is 10.4. The number of hydrogen-bond donors (Lipinski definition) is 1. The lowest BCUT2D eigenvalue weighted by Gasteiger charge is -2.03. The summed E-state index contributed by atoms with van der Waals surface area (Å²) in [5.41, 5.74) is 1.02. The number of ketones is 1. The van der Waals surface area contributed by atoms with Crippen LogP contribution in [0.4, 0.5) is 0 Å². The van der Waals surface area contributed by atoms with E-state index in [0.29, 0.717) is 26.3 Å². The second kappa shape index (κ2) is 7.00. The Kier molecular flexibility index (Phi) is 6.61. The van der Waals surface area contributed by atoms with Crippen LogP contribution in [-0.4, -0.2) is 32.1 Å². The molecule has 0 aromatic rings. The van der Waals surface area contributed by atoms with Crippen LogP contribution in [0.1, 0.15) is 13.8 Å². The van der Waals surface area contributed by atoms with Crippen LogP contribution in [0.25, 0.3) is 0 Å². The van der Waals surface area contributed by atoms with E-state index in [-0.39, 0.29) is 5.78 Å². The number of nitrogens with one attached hydrogen (secondary N) is 1. The summed E-state index contributed by atoms with van der Waals surface area (Å²) in [4.78, 5) is 10.5. The molecular weight excluding hydrogens is 154 g/mol. The molecule has 0 radical (unpaired) electrons. The highest BCUT2D eigenvalue weighted by molar-refractivity contribution is 5.77. The minimum absolute atomic E-state index is 0.148. The topological polar surface area (TPSA) is 38.3 Å². The predicted molar refractivity (Wildman–Crippen MR) is 49.2 cm³/mol. The largest absolute Gasteiger partial charge is 0.376 e. The molecule has 0 aliphatic carbocycles. The fourth-order valence-corrected chi connectivity index (χ4v) is 0.655. The Morgan fingerprint density at radius 1 is 1.50 bits per heavy atom. The zero-order valence-corrected chi connectivity index (χ0v) is 7.85. The molecule has 0 amide bonds. The van der Waals surface area contributed by atoms with Crippen molar-refractivity contribution in [2.24, 2.45) is 0 Å². The molecule has 0 aliphatic rings. The molecule has 70 valence electrons. The van der Waals surface area contributed by atoms with Crippen LogP contribution in [0.5, 0.6) is 0 Å². The monoisotopic (exact) mass is 171 g/mol. The molecule has 0 unspecified atom stereocenters. The average molecular weight is 171 g/mol. The number of Topliss-reactive ketones (excluding diaryl/α,β-unsaturated/α-hetero) is 1. The van der Waals surface area contributed by atoms with Gasteiger partial charge < -0.3 is 10.1 Å². The van der Waals surface area contributed by atoms with Crippen LogP contribution in [0.2, 0.25) is 0 Å². The maximum Gasteiger partial charge on any atom is 0.143 e. The minimum atomic E-state index is 0.148. The van der Waals surface area contributed by atoms with Crippen molar-refractivity contribution in [2.45, 2.75) is 13.8 Å². The molecule has 12 heavy (non-hydrogen) atoms. The van der Waals surface area contributed by atoms with E-state index < -0.39 is 0 Å². The Hall–Kier alpha value is -0.670. The van der Waals surface area contributed by atoms with Gasteiger partial charge in [0.15, 0.2) is 0 Å². The van der Waals surface area contributed by atoms with Gasteiger partial charge in [-0.3, -0.25) is 4.79 Å². The second-order valence-electron chi connectivity index (χ2n) is 2.89. The van der Waals surface area contributed by atoms with Crippen LogP contribution < -0.4 is 5.32 Å².